The number of nitrogens with zero attached hydrogens (tertiary/aromatic N) is 5. The summed E-state index contributed by atoms with van der Waals surface area (Å²) in [6.07, 6.45) is 3.16. The molecule has 0 saturated heterocycles. The van der Waals surface area contributed by atoms with Gasteiger partial charge in [-0.25, -0.2) is 14.2 Å². The Morgan fingerprint density at radius 2 is 2.05 bits per heavy atom. The topological polar surface area (TPSA) is 124 Å². The largest absolute Gasteiger partial charge is 0.460 e. The smallest absolute Gasteiger partial charge is 0.374 e. The molecule has 0 unspecified atom stereocenters. The number of aromatic nitrogens is 4. The molecule has 39 heavy (non-hydrogen) atoms. The molecule has 1 amide bonds. The van der Waals surface area contributed by atoms with Crippen LogP contribution in [-0.2, 0) is 22.7 Å². The van der Waals surface area contributed by atoms with Crippen molar-refractivity contribution in [2.24, 2.45) is 0 Å². The molecule has 0 fully saturated rings. The zero-order chi connectivity index (χ0) is 28.7. The quantitative estimate of drug-likeness (QED) is 0.188. The summed E-state index contributed by atoms with van der Waals surface area (Å²) in [6, 6.07) is 6.69. The summed E-state index contributed by atoms with van der Waals surface area (Å²) in [5.41, 5.74) is 0.729. The van der Waals surface area contributed by atoms with Crippen molar-refractivity contribution in [1.82, 2.24) is 24.6 Å². The van der Waals surface area contributed by atoms with Crippen LogP contribution >= 0.6 is 11.6 Å². The van der Waals surface area contributed by atoms with Gasteiger partial charge in [-0.3, -0.25) is 9.48 Å². The van der Waals surface area contributed by atoms with Crippen LogP contribution in [0.25, 0.3) is 11.3 Å². The number of ether oxygens (including phenoxy) is 2. The van der Waals surface area contributed by atoms with Gasteiger partial charge in [0.2, 0.25) is 5.82 Å². The molecule has 0 spiro atoms. The van der Waals surface area contributed by atoms with Crippen LogP contribution in [0.3, 0.4) is 0 Å². The van der Waals surface area contributed by atoms with Gasteiger partial charge in [0.05, 0.1) is 23.9 Å². The van der Waals surface area contributed by atoms with E-state index in [1.54, 1.807) is 36.9 Å². The molecule has 10 nitrogen and oxygen atoms in total. The SMILES string of the molecule is CCOC(=O)c1nc(C(=O)N[C@@H](C)Cn2ccc(-c3cc(F)c(C#N)c(Cl)c3)n2)cn1COCC[Si](C)(C)C. The first-order valence-corrected chi connectivity index (χ1v) is 16.6. The van der Waals surface area contributed by atoms with E-state index in [1.807, 2.05) is 0 Å². The highest BCUT2D eigenvalue weighted by atomic mass is 35.5. The number of benzene rings is 1. The third kappa shape index (κ3) is 8.22. The lowest BCUT2D eigenvalue weighted by Gasteiger charge is -2.15. The molecule has 0 aliphatic heterocycles. The van der Waals surface area contributed by atoms with E-state index >= 15 is 0 Å². The number of carbonyl (C=O) groups is 2. The maximum Gasteiger partial charge on any atom is 0.374 e. The van der Waals surface area contributed by atoms with Crippen molar-refractivity contribution >= 4 is 31.6 Å². The number of hydrogen-bond donors (Lipinski definition) is 1. The fourth-order valence-corrected chi connectivity index (χ4v) is 4.60. The van der Waals surface area contributed by atoms with E-state index in [0.717, 1.165) is 6.04 Å². The maximum atomic E-state index is 14.1. The molecule has 0 aliphatic rings. The fraction of sp³-hybridized carbons (Fsp3) is 0.423. The molecule has 0 bridgehead atoms. The summed E-state index contributed by atoms with van der Waals surface area (Å²) in [5.74, 6) is -1.84. The summed E-state index contributed by atoms with van der Waals surface area (Å²) >= 11 is 6.01. The van der Waals surface area contributed by atoms with Crippen molar-refractivity contribution in [2.75, 3.05) is 13.2 Å². The molecule has 2 heterocycles. The van der Waals surface area contributed by atoms with Gasteiger partial charge in [0, 0.05) is 38.7 Å². The van der Waals surface area contributed by atoms with Gasteiger partial charge in [0.25, 0.3) is 5.91 Å². The summed E-state index contributed by atoms with van der Waals surface area (Å²) in [4.78, 5) is 29.5. The highest BCUT2D eigenvalue weighted by molar-refractivity contribution is 6.76. The van der Waals surface area contributed by atoms with Gasteiger partial charge in [-0.05, 0) is 38.1 Å². The Hall–Kier alpha value is -3.53. The lowest BCUT2D eigenvalue weighted by Crippen LogP contribution is -2.36. The number of imidazole rings is 1. The molecule has 3 aromatic rings. The minimum atomic E-state index is -1.28. The monoisotopic (exact) mass is 574 g/mol. The van der Waals surface area contributed by atoms with Crippen molar-refractivity contribution < 1.29 is 23.5 Å². The maximum absolute atomic E-state index is 14.1. The minimum Gasteiger partial charge on any atom is -0.460 e. The third-order valence-electron chi connectivity index (χ3n) is 5.62. The van der Waals surface area contributed by atoms with E-state index in [2.05, 4.69) is 35.0 Å². The normalized spacial score (nSPS) is 12.2. The number of amides is 1. The lowest BCUT2D eigenvalue weighted by atomic mass is 10.1. The second kappa shape index (κ2) is 13.0. The molecular formula is C26H32ClFN6O4Si. The first-order chi connectivity index (χ1) is 18.4. The van der Waals surface area contributed by atoms with Gasteiger partial charge < -0.3 is 19.4 Å². The van der Waals surface area contributed by atoms with Crippen LogP contribution in [0.4, 0.5) is 4.39 Å². The average molecular weight is 575 g/mol. The fourth-order valence-electron chi connectivity index (χ4n) is 3.59. The summed E-state index contributed by atoms with van der Waals surface area (Å²) < 4.78 is 28.0. The van der Waals surface area contributed by atoms with Crippen molar-refractivity contribution in [3.63, 3.8) is 0 Å². The van der Waals surface area contributed by atoms with Gasteiger partial charge in [-0.15, -0.1) is 0 Å². The number of nitrogens with one attached hydrogen (secondary N) is 1. The van der Waals surface area contributed by atoms with Crippen LogP contribution in [0.2, 0.25) is 30.7 Å². The van der Waals surface area contributed by atoms with Gasteiger partial charge in [-0.2, -0.15) is 10.4 Å². The Kier molecular flexibility index (Phi) is 10.0. The summed E-state index contributed by atoms with van der Waals surface area (Å²) in [6.45, 7) is 11.3. The molecular weight excluding hydrogens is 543 g/mol. The molecule has 1 aromatic carbocycles. The standard InChI is InChI=1S/C26H32ClFN6O4Si/c1-6-38-26(36)24-31-23(15-33(24)16-37-9-10-39(3,4)5)25(35)30-17(2)14-34-8-7-22(32-34)18-11-20(27)19(13-29)21(28)12-18/h7-8,11-12,15,17H,6,9-10,14,16H2,1-5H3,(H,30,35)/t17-/m0/s1. The number of carbonyl (C=O) groups excluding carboxylic acids is 2. The second-order valence-corrected chi connectivity index (χ2v) is 16.2. The average Bonchev–Trinajstić information content (AvgIpc) is 3.48. The molecule has 13 heteroatoms. The second-order valence-electron chi connectivity index (χ2n) is 10.2. The van der Waals surface area contributed by atoms with Crippen LogP contribution in [0, 0.1) is 17.1 Å². The molecule has 0 radical (unpaired) electrons. The van der Waals surface area contributed by atoms with Crippen molar-refractivity contribution in [1.29, 1.82) is 5.26 Å². The van der Waals surface area contributed by atoms with Gasteiger partial charge in [0.15, 0.2) is 0 Å². The highest BCUT2D eigenvalue weighted by Gasteiger charge is 2.22. The molecule has 1 atom stereocenters. The van der Waals surface area contributed by atoms with Crippen molar-refractivity contribution in [2.45, 2.75) is 58.9 Å². The third-order valence-corrected chi connectivity index (χ3v) is 7.62. The Morgan fingerprint density at radius 1 is 1.31 bits per heavy atom. The van der Waals surface area contributed by atoms with E-state index < -0.39 is 25.8 Å². The number of halogens is 2. The summed E-state index contributed by atoms with van der Waals surface area (Å²) in [5, 5.41) is 16.3. The lowest BCUT2D eigenvalue weighted by molar-refractivity contribution is 0.0464. The highest BCUT2D eigenvalue weighted by Crippen LogP contribution is 2.26. The molecule has 1 N–H and O–H groups in total. The first kappa shape index (κ1) is 30.0. The van der Waals surface area contributed by atoms with Crippen molar-refractivity contribution in [3.05, 3.63) is 58.5 Å². The Balaban J connectivity index is 1.66. The Morgan fingerprint density at radius 3 is 2.69 bits per heavy atom. The van der Waals surface area contributed by atoms with E-state index in [9.17, 15) is 14.0 Å². The number of rotatable bonds is 12. The van der Waals surface area contributed by atoms with Crippen LogP contribution in [0.1, 0.15) is 40.5 Å². The molecule has 208 valence electrons. The van der Waals surface area contributed by atoms with Gasteiger partial charge in [0.1, 0.15) is 29.9 Å². The van der Waals surface area contributed by atoms with E-state index in [-0.39, 0.29) is 41.5 Å². The number of hydrogen-bond acceptors (Lipinski definition) is 7. The van der Waals surface area contributed by atoms with Crippen LogP contribution < -0.4 is 5.32 Å². The molecule has 0 saturated carbocycles. The van der Waals surface area contributed by atoms with Crippen LogP contribution in [-0.4, -0.2) is 58.5 Å². The number of esters is 1. The number of nitriles is 1. The predicted octanol–water partition coefficient (Wildman–Crippen LogP) is 4.72. The van der Waals surface area contributed by atoms with E-state index in [1.165, 1.54) is 22.9 Å². The zero-order valence-corrected chi connectivity index (χ0v) is 24.4. The first-order valence-electron chi connectivity index (χ1n) is 12.5. The zero-order valence-electron chi connectivity index (χ0n) is 22.6. The summed E-state index contributed by atoms with van der Waals surface area (Å²) in [7, 11) is -1.28. The molecule has 0 aliphatic carbocycles. The van der Waals surface area contributed by atoms with Crippen molar-refractivity contribution in [3.8, 4) is 17.3 Å². The van der Waals surface area contributed by atoms with Crippen LogP contribution in [0.15, 0.2) is 30.6 Å². The van der Waals surface area contributed by atoms with Gasteiger partial charge >= 0.3 is 5.97 Å². The Labute approximate surface area is 232 Å². The van der Waals surface area contributed by atoms with Crippen LogP contribution in [0.5, 0.6) is 0 Å². The molecule has 3 rings (SSSR count). The molecule has 2 aromatic heterocycles. The van der Waals surface area contributed by atoms with E-state index in [0.29, 0.717) is 24.4 Å². The van der Waals surface area contributed by atoms with Gasteiger partial charge in [-0.1, -0.05) is 31.2 Å². The minimum absolute atomic E-state index is 0.00533. The Bertz CT molecular complexity index is 1350. The van der Waals surface area contributed by atoms with E-state index in [4.69, 9.17) is 26.3 Å². The predicted molar refractivity (Wildman–Crippen MR) is 147 cm³/mol.